The molecule has 0 saturated carbocycles. The van der Waals surface area contributed by atoms with Crippen molar-refractivity contribution in [2.75, 3.05) is 26.2 Å². The van der Waals surface area contributed by atoms with Crippen LogP contribution < -0.4 is 0 Å². The highest BCUT2D eigenvalue weighted by Gasteiger charge is 2.52. The highest BCUT2D eigenvalue weighted by molar-refractivity contribution is 7.27. The van der Waals surface area contributed by atoms with Crippen molar-refractivity contribution in [1.82, 2.24) is 19.6 Å². The summed E-state index contributed by atoms with van der Waals surface area (Å²) < 4.78 is 0. The quantitative estimate of drug-likeness (QED) is 0.0356. The second-order valence-corrected chi connectivity index (χ2v) is 45.0. The van der Waals surface area contributed by atoms with Gasteiger partial charge in [0.1, 0.15) is 0 Å². The zero-order valence-electron chi connectivity index (χ0n) is 77.2. The van der Waals surface area contributed by atoms with E-state index in [0.29, 0.717) is 60.3 Å². The van der Waals surface area contributed by atoms with Gasteiger partial charge >= 0.3 is 0 Å². The van der Waals surface area contributed by atoms with E-state index in [1.165, 1.54) is 235 Å². The first kappa shape index (κ1) is 97.5. The minimum Gasteiger partial charge on any atom is -0.306 e. The van der Waals surface area contributed by atoms with Crippen LogP contribution in [0.3, 0.4) is 0 Å². The Morgan fingerprint density at radius 1 is 0.202 bits per heavy atom. The third-order valence-corrected chi connectivity index (χ3v) is 35.9. The number of amides is 4. The van der Waals surface area contributed by atoms with Crippen LogP contribution in [0.25, 0.3) is 71.6 Å². The van der Waals surface area contributed by atoms with Gasteiger partial charge in [0.05, 0.1) is 64.6 Å². The number of thiophene rings is 8. The van der Waals surface area contributed by atoms with E-state index in [1.807, 2.05) is 22.7 Å². The van der Waals surface area contributed by atoms with Crippen LogP contribution in [0.2, 0.25) is 0 Å². The largest absolute Gasteiger partial charge is 0.306 e. The summed E-state index contributed by atoms with van der Waals surface area (Å²) in [7, 11) is 0. The molecule has 4 unspecified atom stereocenters. The van der Waals surface area contributed by atoms with Crippen molar-refractivity contribution in [2.24, 2.45) is 23.7 Å². The Labute approximate surface area is 781 Å². The standard InChI is InChI=1S/C108H150N4O4S8/c1-9-17-25-33-37-45-55-79(51-41-29-21-13-5)75-109-101(93-69-65-89(121-93)87-63-61-85(119-87)83-59-49-73-117-83)97-99(107(109)115)103(111(105(97)113)77-81(53-43-31-23-15-7)57-47-39-35-27-19-11-3)95-71-67-91(123-95)92-68-72-96(124-92)104-100-98(106(114)112(104)78-82(54-44-32-24-16-8)58-48-40-36-28-20-12-4)102(94-70-66-90(122-94)88-64-62-86(120-88)84-60-50-74-118-84)110(108(100)116)76-80(52-42-30-22-14-6)56-46-38-34-26-18-10-2/h49-50,59-74,79-82H,9-48,51-58,75-78H2,1-8H3. The van der Waals surface area contributed by atoms with Crippen LogP contribution in [0, 0.1) is 23.7 Å². The SMILES string of the molecule is CCCCCCCCC(CCCCCC)CN1C(=O)C2=C(c3ccc(-c4ccc(-c5cccs5)s4)s3)N(CC(CCCCCC)CCCCCCCC)C(=O)C2=C1c1ccc(-c2ccc(C3=C4C(=O)N(CC(CCCCCC)CCCCCCCC)C(c5ccc(-c6ccc(-c7cccs7)s6)s5)=C4C(=O)N3CC(CCCCCC)CCCCCCCC)s2)s1. The third kappa shape index (κ3) is 26.4. The van der Waals surface area contributed by atoms with Crippen molar-refractivity contribution in [2.45, 2.75) is 364 Å². The molecule has 0 aromatic carbocycles. The van der Waals surface area contributed by atoms with E-state index in [2.05, 4.69) is 183 Å². The lowest BCUT2D eigenvalue weighted by molar-refractivity contribution is -0.124. The lowest BCUT2D eigenvalue weighted by atomic mass is 9.93. The summed E-state index contributed by atoms with van der Waals surface area (Å²) in [6.45, 7) is 20.7. The zero-order chi connectivity index (χ0) is 86.8. The first-order valence-electron chi connectivity index (χ1n) is 49.9. The molecule has 0 fully saturated rings. The highest BCUT2D eigenvalue weighted by atomic mass is 32.1. The molecule has 0 N–H and O–H groups in total. The molecule has 0 spiro atoms. The van der Waals surface area contributed by atoms with Gasteiger partial charge < -0.3 is 19.6 Å². The second kappa shape index (κ2) is 52.3. The van der Waals surface area contributed by atoms with Crippen molar-refractivity contribution in [3.05, 3.63) is 150 Å². The Balaban J connectivity index is 0.991. The highest BCUT2D eigenvalue weighted by Crippen LogP contribution is 2.55. The number of carbonyl (C=O) groups excluding carboxylic acids is 4. The van der Waals surface area contributed by atoms with Crippen LogP contribution in [0.1, 0.15) is 383 Å². The molecule has 0 radical (unpaired) electrons. The van der Waals surface area contributed by atoms with Crippen LogP contribution in [0.4, 0.5) is 0 Å². The number of rotatable bonds is 65. The Kier molecular flexibility index (Phi) is 41.1. The van der Waals surface area contributed by atoms with Crippen LogP contribution in [-0.4, -0.2) is 69.4 Å². The molecule has 8 aromatic rings. The normalized spacial score (nSPS) is 15.4. The molecule has 4 aliphatic heterocycles. The van der Waals surface area contributed by atoms with Gasteiger partial charge in [-0.05, 0) is 171 Å². The summed E-state index contributed by atoms with van der Waals surface area (Å²) in [5, 5.41) is 4.31. The predicted molar refractivity (Wildman–Crippen MR) is 545 cm³/mol. The maximum atomic E-state index is 16.8. The molecular weight excluding hydrogens is 1670 g/mol. The summed E-state index contributed by atoms with van der Waals surface area (Å²) in [6, 6.07) is 35.6. The van der Waals surface area contributed by atoms with E-state index in [1.54, 1.807) is 68.0 Å². The van der Waals surface area contributed by atoms with Crippen molar-refractivity contribution in [1.29, 1.82) is 0 Å². The Morgan fingerprint density at radius 3 is 0.548 bits per heavy atom. The molecule has 8 nitrogen and oxygen atoms in total. The van der Waals surface area contributed by atoms with Gasteiger partial charge in [0.2, 0.25) is 0 Å². The molecular formula is C108H150N4O4S8. The van der Waals surface area contributed by atoms with Gasteiger partial charge in [-0.15, -0.1) is 90.7 Å². The number of unbranched alkanes of at least 4 members (excludes halogenated alkanes) is 32. The van der Waals surface area contributed by atoms with Crippen molar-refractivity contribution in [3.8, 4) is 48.8 Å². The molecule has 4 aliphatic rings. The average molecular weight is 1820 g/mol. The van der Waals surface area contributed by atoms with E-state index >= 15 is 19.2 Å². The fraction of sp³-hybridized carbons (Fsp3) is 0.593. The van der Waals surface area contributed by atoms with Gasteiger partial charge in [-0.1, -0.05) is 324 Å². The number of hydrogen-bond donors (Lipinski definition) is 0. The molecule has 4 amide bonds. The predicted octanol–water partition coefficient (Wildman–Crippen LogP) is 35.5. The lowest BCUT2D eigenvalue weighted by Crippen LogP contribution is -2.34. The molecule has 124 heavy (non-hydrogen) atoms. The summed E-state index contributed by atoms with van der Waals surface area (Å²) in [5.41, 5.74) is 5.57. The first-order chi connectivity index (χ1) is 60.9. The van der Waals surface area contributed by atoms with Crippen molar-refractivity contribution >= 4 is 137 Å². The average Bonchev–Trinajstić information content (AvgIpc) is 1.55. The number of carbonyl (C=O) groups is 4. The maximum absolute atomic E-state index is 16.8. The summed E-state index contributed by atoms with van der Waals surface area (Å²) in [6.07, 6.45) is 56.7. The van der Waals surface area contributed by atoms with Crippen LogP contribution in [-0.2, 0) is 19.2 Å². The second-order valence-electron chi connectivity index (χ2n) is 36.6. The molecule has 0 aliphatic carbocycles. The zero-order valence-corrected chi connectivity index (χ0v) is 83.7. The molecule has 12 rings (SSSR count). The van der Waals surface area contributed by atoms with Crippen LogP contribution in [0.15, 0.2) is 130 Å². The topological polar surface area (TPSA) is 81.2 Å². The summed E-state index contributed by atoms with van der Waals surface area (Å²) >= 11 is 14.1. The smallest absolute Gasteiger partial charge is 0.261 e. The molecule has 4 atom stereocenters. The third-order valence-electron chi connectivity index (χ3n) is 26.7. The van der Waals surface area contributed by atoms with E-state index in [9.17, 15) is 0 Å². The van der Waals surface area contributed by atoms with Gasteiger partial charge in [-0.25, -0.2) is 0 Å². The van der Waals surface area contributed by atoms with Crippen molar-refractivity contribution < 1.29 is 19.2 Å². The lowest BCUT2D eigenvalue weighted by Gasteiger charge is -2.29. The molecule has 0 saturated heterocycles. The summed E-state index contributed by atoms with van der Waals surface area (Å²) in [5.74, 6) is 1.05. The monoisotopic (exact) mass is 1820 g/mol. The number of fused-ring (bicyclic) bond motifs is 2. The molecule has 16 heteroatoms. The number of nitrogens with zero attached hydrogens (tertiary/aromatic N) is 4. The number of hydrogen-bond acceptors (Lipinski definition) is 12. The maximum Gasteiger partial charge on any atom is 0.261 e. The van der Waals surface area contributed by atoms with Gasteiger partial charge in [0.15, 0.2) is 0 Å². The minimum atomic E-state index is -0.0240. The Morgan fingerprint density at radius 2 is 0.363 bits per heavy atom. The van der Waals surface area contributed by atoms with E-state index in [0.717, 1.165) is 165 Å². The molecule has 12 heterocycles. The van der Waals surface area contributed by atoms with Gasteiger partial charge in [-0.3, -0.25) is 19.2 Å². The van der Waals surface area contributed by atoms with Crippen LogP contribution >= 0.6 is 90.7 Å². The van der Waals surface area contributed by atoms with Crippen molar-refractivity contribution in [3.63, 3.8) is 0 Å². The Bertz CT molecular complexity index is 4380. The molecule has 8 aromatic heterocycles. The van der Waals surface area contributed by atoms with E-state index < -0.39 is 0 Å². The molecule has 0 bridgehead atoms. The van der Waals surface area contributed by atoms with E-state index in [4.69, 9.17) is 0 Å². The summed E-state index contributed by atoms with van der Waals surface area (Å²) in [4.78, 5) is 91.3. The van der Waals surface area contributed by atoms with Gasteiger partial charge in [0.25, 0.3) is 23.6 Å². The first-order valence-corrected chi connectivity index (χ1v) is 56.5. The fourth-order valence-electron chi connectivity index (χ4n) is 19.6. The fourth-order valence-corrected chi connectivity index (χ4v) is 27.8. The Hall–Kier alpha value is -5.56. The minimum absolute atomic E-state index is 0.0240. The van der Waals surface area contributed by atoms with Gasteiger partial charge in [0, 0.05) is 75.0 Å². The van der Waals surface area contributed by atoms with E-state index in [-0.39, 0.29) is 35.5 Å². The van der Waals surface area contributed by atoms with Gasteiger partial charge in [-0.2, -0.15) is 0 Å². The molecule has 674 valence electrons. The van der Waals surface area contributed by atoms with Crippen LogP contribution in [0.5, 0.6) is 0 Å².